The molecule has 118 valence electrons. The Balaban J connectivity index is 1.82. The van der Waals surface area contributed by atoms with Crippen LogP contribution < -0.4 is 10.2 Å². The molecule has 1 aliphatic heterocycles. The Morgan fingerprint density at radius 3 is 3.04 bits per heavy atom. The highest BCUT2D eigenvalue weighted by atomic mass is 15.2. The van der Waals surface area contributed by atoms with Crippen molar-refractivity contribution in [2.75, 3.05) is 25.0 Å². The minimum Gasteiger partial charge on any atom is -0.369 e. The zero-order valence-electron chi connectivity index (χ0n) is 13.2. The highest BCUT2D eigenvalue weighted by Crippen LogP contribution is 2.34. The van der Waals surface area contributed by atoms with Gasteiger partial charge in [0.2, 0.25) is 0 Å². The predicted octanol–water partition coefficient (Wildman–Crippen LogP) is 2.21. The maximum atomic E-state index is 4.48. The molecule has 4 rings (SSSR count). The first-order chi connectivity index (χ1) is 11.4. The van der Waals surface area contributed by atoms with Gasteiger partial charge in [-0.15, -0.1) is 0 Å². The first kappa shape index (κ1) is 14.1. The lowest BCUT2D eigenvalue weighted by atomic mass is 10.0. The molecule has 6 heteroatoms. The summed E-state index contributed by atoms with van der Waals surface area (Å²) in [6, 6.07) is 2.64. The summed E-state index contributed by atoms with van der Waals surface area (Å²) in [7, 11) is 2.04. The number of pyridine rings is 1. The van der Waals surface area contributed by atoms with E-state index in [0.717, 1.165) is 35.4 Å². The number of piperidine rings is 1. The van der Waals surface area contributed by atoms with E-state index in [0.29, 0.717) is 6.04 Å². The van der Waals surface area contributed by atoms with Crippen LogP contribution in [0.3, 0.4) is 0 Å². The van der Waals surface area contributed by atoms with Gasteiger partial charge in [0.1, 0.15) is 5.65 Å². The van der Waals surface area contributed by atoms with Crippen LogP contribution in [-0.2, 0) is 0 Å². The standard InChI is InChI=1S/C17H20N6/c1-18-12-3-2-8-23(11-12)15-4-5-21-17-16(15)13(9-22-17)14-10-19-6-7-20-14/h4-7,9-10,12,18H,2-3,8,11H2,1H3,(H,21,22)/t12-/m1/s1. The molecule has 0 spiro atoms. The third-order valence-corrected chi connectivity index (χ3v) is 4.56. The molecule has 3 aromatic rings. The third-order valence-electron chi connectivity index (χ3n) is 4.56. The summed E-state index contributed by atoms with van der Waals surface area (Å²) in [5, 5.41) is 4.53. The topological polar surface area (TPSA) is 69.7 Å². The van der Waals surface area contributed by atoms with Crippen molar-refractivity contribution in [3.05, 3.63) is 37.1 Å². The predicted molar refractivity (Wildman–Crippen MR) is 91.4 cm³/mol. The Labute approximate surface area is 135 Å². The van der Waals surface area contributed by atoms with Crippen molar-refractivity contribution < 1.29 is 0 Å². The number of rotatable bonds is 3. The molecule has 23 heavy (non-hydrogen) atoms. The van der Waals surface area contributed by atoms with Gasteiger partial charge >= 0.3 is 0 Å². The molecular formula is C17H20N6. The largest absolute Gasteiger partial charge is 0.369 e. The number of aromatic nitrogens is 4. The smallest absolute Gasteiger partial charge is 0.140 e. The first-order valence-electron chi connectivity index (χ1n) is 8.01. The lowest BCUT2D eigenvalue weighted by Gasteiger charge is -2.34. The summed E-state index contributed by atoms with van der Waals surface area (Å²) in [6.45, 7) is 2.09. The molecule has 0 bridgehead atoms. The van der Waals surface area contributed by atoms with E-state index in [1.807, 2.05) is 19.4 Å². The van der Waals surface area contributed by atoms with Gasteiger partial charge < -0.3 is 15.2 Å². The number of nitrogens with zero attached hydrogens (tertiary/aromatic N) is 4. The fourth-order valence-electron chi connectivity index (χ4n) is 3.37. The summed E-state index contributed by atoms with van der Waals surface area (Å²) in [6.07, 6.45) is 11.5. The van der Waals surface area contributed by atoms with Crippen molar-refractivity contribution in [2.24, 2.45) is 0 Å². The molecule has 3 aromatic heterocycles. The zero-order chi connectivity index (χ0) is 15.6. The van der Waals surface area contributed by atoms with Crippen LogP contribution in [0.15, 0.2) is 37.1 Å². The average molecular weight is 308 g/mol. The second kappa shape index (κ2) is 5.96. The Hall–Kier alpha value is -2.47. The fraction of sp³-hybridized carbons (Fsp3) is 0.353. The molecule has 2 N–H and O–H groups in total. The Morgan fingerprint density at radius 2 is 2.22 bits per heavy atom. The summed E-state index contributed by atoms with van der Waals surface area (Å²) in [5.74, 6) is 0. The lowest BCUT2D eigenvalue weighted by molar-refractivity contribution is 0.450. The highest BCUT2D eigenvalue weighted by molar-refractivity contribution is 6.01. The van der Waals surface area contributed by atoms with Gasteiger partial charge in [-0.2, -0.15) is 0 Å². The molecule has 4 heterocycles. The molecule has 0 radical (unpaired) electrons. The van der Waals surface area contributed by atoms with Crippen LogP contribution in [0.25, 0.3) is 22.3 Å². The van der Waals surface area contributed by atoms with Crippen LogP contribution in [0.2, 0.25) is 0 Å². The minimum atomic E-state index is 0.533. The van der Waals surface area contributed by atoms with Gasteiger partial charge in [-0.05, 0) is 26.0 Å². The second-order valence-corrected chi connectivity index (χ2v) is 5.92. The molecule has 0 aliphatic carbocycles. The molecule has 0 unspecified atom stereocenters. The Kier molecular flexibility index (Phi) is 3.67. The van der Waals surface area contributed by atoms with E-state index in [-0.39, 0.29) is 0 Å². The maximum absolute atomic E-state index is 4.48. The van der Waals surface area contributed by atoms with Crippen LogP contribution in [0.5, 0.6) is 0 Å². The number of nitrogens with one attached hydrogen (secondary N) is 2. The molecule has 1 atom stereocenters. The number of likely N-dealkylation sites (N-methyl/N-ethyl adjacent to an activating group) is 1. The number of hydrogen-bond donors (Lipinski definition) is 2. The van der Waals surface area contributed by atoms with Gasteiger partial charge in [0.15, 0.2) is 0 Å². The molecule has 0 aromatic carbocycles. The van der Waals surface area contributed by atoms with E-state index in [9.17, 15) is 0 Å². The van der Waals surface area contributed by atoms with Crippen molar-refractivity contribution in [2.45, 2.75) is 18.9 Å². The average Bonchev–Trinajstić information content (AvgIpc) is 3.06. The molecule has 0 saturated carbocycles. The lowest BCUT2D eigenvalue weighted by Crippen LogP contribution is -2.44. The zero-order valence-corrected chi connectivity index (χ0v) is 13.2. The Bertz CT molecular complexity index is 797. The van der Waals surface area contributed by atoms with E-state index in [4.69, 9.17) is 0 Å². The third kappa shape index (κ3) is 2.55. The summed E-state index contributed by atoms with van der Waals surface area (Å²) < 4.78 is 0. The summed E-state index contributed by atoms with van der Waals surface area (Å²) in [5.41, 5.74) is 4.05. The van der Waals surface area contributed by atoms with Crippen LogP contribution in [0.4, 0.5) is 5.69 Å². The van der Waals surface area contributed by atoms with E-state index in [1.165, 1.54) is 18.5 Å². The van der Waals surface area contributed by atoms with Crippen LogP contribution in [0, 0.1) is 0 Å². The number of anilines is 1. The molecular weight excluding hydrogens is 288 g/mol. The maximum Gasteiger partial charge on any atom is 0.140 e. The van der Waals surface area contributed by atoms with E-state index in [1.54, 1.807) is 18.6 Å². The van der Waals surface area contributed by atoms with Crippen LogP contribution in [0.1, 0.15) is 12.8 Å². The van der Waals surface area contributed by atoms with Crippen LogP contribution in [-0.4, -0.2) is 46.1 Å². The van der Waals surface area contributed by atoms with Gasteiger partial charge in [0, 0.05) is 49.5 Å². The van der Waals surface area contributed by atoms with Crippen molar-refractivity contribution in [1.82, 2.24) is 25.3 Å². The second-order valence-electron chi connectivity index (χ2n) is 5.92. The fourth-order valence-corrected chi connectivity index (χ4v) is 3.37. The molecule has 0 amide bonds. The van der Waals surface area contributed by atoms with Crippen molar-refractivity contribution in [3.8, 4) is 11.3 Å². The summed E-state index contributed by atoms with van der Waals surface area (Å²) >= 11 is 0. The molecule has 1 fully saturated rings. The Morgan fingerprint density at radius 1 is 1.26 bits per heavy atom. The molecule has 6 nitrogen and oxygen atoms in total. The van der Waals surface area contributed by atoms with E-state index in [2.05, 4.69) is 36.2 Å². The molecule has 1 saturated heterocycles. The number of fused-ring (bicyclic) bond motifs is 1. The highest BCUT2D eigenvalue weighted by Gasteiger charge is 2.22. The van der Waals surface area contributed by atoms with Crippen molar-refractivity contribution >= 4 is 16.7 Å². The van der Waals surface area contributed by atoms with E-state index >= 15 is 0 Å². The van der Waals surface area contributed by atoms with Gasteiger partial charge in [-0.25, -0.2) is 4.98 Å². The van der Waals surface area contributed by atoms with Gasteiger partial charge in [0.05, 0.1) is 23.0 Å². The summed E-state index contributed by atoms with van der Waals surface area (Å²) in [4.78, 5) is 18.8. The number of H-pyrrole nitrogens is 1. The van der Waals surface area contributed by atoms with E-state index < -0.39 is 0 Å². The normalized spacial score (nSPS) is 18.5. The van der Waals surface area contributed by atoms with Crippen molar-refractivity contribution in [3.63, 3.8) is 0 Å². The quantitative estimate of drug-likeness (QED) is 0.776. The minimum absolute atomic E-state index is 0.533. The SMILES string of the molecule is CN[C@@H]1CCCN(c2ccnc3[nH]cc(-c4cnccn4)c23)C1. The van der Waals surface area contributed by atoms with Crippen molar-refractivity contribution in [1.29, 1.82) is 0 Å². The molecule has 1 aliphatic rings. The first-order valence-corrected chi connectivity index (χ1v) is 8.01. The number of hydrogen-bond acceptors (Lipinski definition) is 5. The van der Waals surface area contributed by atoms with Crippen LogP contribution >= 0.6 is 0 Å². The van der Waals surface area contributed by atoms with Gasteiger partial charge in [-0.3, -0.25) is 9.97 Å². The number of aromatic amines is 1. The van der Waals surface area contributed by atoms with Gasteiger partial charge in [-0.1, -0.05) is 0 Å². The monoisotopic (exact) mass is 308 g/mol. The van der Waals surface area contributed by atoms with Gasteiger partial charge in [0.25, 0.3) is 0 Å².